The summed E-state index contributed by atoms with van der Waals surface area (Å²) in [6.07, 6.45) is 3.66. The van der Waals surface area contributed by atoms with Crippen LogP contribution in [-0.4, -0.2) is 45.1 Å². The first-order valence-corrected chi connectivity index (χ1v) is 15.1. The Morgan fingerprint density at radius 3 is 2.30 bits per heavy atom. The molecule has 2 heterocycles. The molecule has 1 aromatic heterocycles. The first-order valence-electron chi connectivity index (χ1n) is 11.3. The SMILES string of the molecule is O=C(Nc1ccc(S(=O)(=O)Nc2cccnc2)cc1)C1CCN(S(=O)(=O)Cc2ccc(Cl)cc2Cl)CC1. The minimum absolute atomic E-state index is 0.0358. The lowest BCUT2D eigenvalue weighted by Crippen LogP contribution is -2.41. The summed E-state index contributed by atoms with van der Waals surface area (Å²) in [5, 5.41) is 3.50. The number of rotatable bonds is 8. The predicted octanol–water partition coefficient (Wildman–Crippen LogP) is 4.37. The second kappa shape index (κ2) is 11.4. The smallest absolute Gasteiger partial charge is 0.261 e. The van der Waals surface area contributed by atoms with Crippen LogP contribution < -0.4 is 10.0 Å². The second-order valence-corrected chi connectivity index (χ2v) is 13.0. The second-order valence-electron chi connectivity index (χ2n) is 8.53. The molecule has 0 atom stereocenters. The summed E-state index contributed by atoms with van der Waals surface area (Å²) >= 11 is 12.0. The number of hydrogen-bond acceptors (Lipinski definition) is 6. The Morgan fingerprint density at radius 2 is 1.68 bits per heavy atom. The zero-order valence-electron chi connectivity index (χ0n) is 19.5. The Bertz CT molecular complexity index is 1480. The fraction of sp³-hybridized carbons (Fsp3) is 0.250. The lowest BCUT2D eigenvalue weighted by molar-refractivity contribution is -0.120. The van der Waals surface area contributed by atoms with Gasteiger partial charge in [0.05, 0.1) is 22.5 Å². The molecule has 37 heavy (non-hydrogen) atoms. The van der Waals surface area contributed by atoms with Gasteiger partial charge in [0.15, 0.2) is 0 Å². The van der Waals surface area contributed by atoms with Crippen LogP contribution in [0.15, 0.2) is 71.9 Å². The minimum Gasteiger partial charge on any atom is -0.326 e. The Morgan fingerprint density at radius 1 is 0.973 bits per heavy atom. The number of piperidine rings is 1. The predicted molar refractivity (Wildman–Crippen MR) is 143 cm³/mol. The van der Waals surface area contributed by atoms with E-state index in [0.717, 1.165) is 0 Å². The lowest BCUT2D eigenvalue weighted by atomic mass is 9.97. The number of anilines is 2. The first-order chi connectivity index (χ1) is 17.5. The van der Waals surface area contributed by atoms with E-state index in [9.17, 15) is 21.6 Å². The van der Waals surface area contributed by atoms with E-state index in [1.54, 1.807) is 24.3 Å². The highest BCUT2D eigenvalue weighted by molar-refractivity contribution is 7.92. The summed E-state index contributed by atoms with van der Waals surface area (Å²) in [7, 11) is -7.42. The third-order valence-corrected chi connectivity index (χ3v) is 9.73. The van der Waals surface area contributed by atoms with Crippen LogP contribution in [0, 0.1) is 5.92 Å². The van der Waals surface area contributed by atoms with Crippen LogP contribution >= 0.6 is 23.2 Å². The van der Waals surface area contributed by atoms with Crippen molar-refractivity contribution in [3.05, 3.63) is 82.6 Å². The zero-order chi connectivity index (χ0) is 26.6. The molecule has 1 amide bonds. The summed E-state index contributed by atoms with van der Waals surface area (Å²) in [6.45, 7) is 0.422. The largest absolute Gasteiger partial charge is 0.326 e. The van der Waals surface area contributed by atoms with Gasteiger partial charge in [0.2, 0.25) is 15.9 Å². The van der Waals surface area contributed by atoms with E-state index in [1.807, 2.05) is 0 Å². The highest BCUT2D eigenvalue weighted by atomic mass is 35.5. The molecule has 0 aliphatic carbocycles. The number of halogens is 2. The molecule has 0 radical (unpaired) electrons. The summed E-state index contributed by atoms with van der Waals surface area (Å²) in [4.78, 5) is 16.7. The molecule has 196 valence electrons. The van der Waals surface area contributed by atoms with Gasteiger partial charge in [-0.05, 0) is 66.9 Å². The topological polar surface area (TPSA) is 126 Å². The van der Waals surface area contributed by atoms with Gasteiger partial charge in [-0.1, -0.05) is 29.3 Å². The van der Waals surface area contributed by atoms with Crippen LogP contribution in [-0.2, 0) is 30.6 Å². The Labute approximate surface area is 225 Å². The van der Waals surface area contributed by atoms with Crippen LogP contribution in [0.25, 0.3) is 0 Å². The summed E-state index contributed by atoms with van der Waals surface area (Å²) in [6, 6.07) is 13.7. The summed E-state index contributed by atoms with van der Waals surface area (Å²) in [5.41, 5.74) is 1.24. The quantitative estimate of drug-likeness (QED) is 0.406. The molecule has 0 spiro atoms. The van der Waals surface area contributed by atoms with E-state index >= 15 is 0 Å². The molecule has 2 aromatic carbocycles. The molecule has 1 fully saturated rings. The number of amides is 1. The normalized spacial score (nSPS) is 15.3. The average Bonchev–Trinajstić information content (AvgIpc) is 2.86. The van der Waals surface area contributed by atoms with Crippen molar-refractivity contribution in [2.45, 2.75) is 23.5 Å². The molecule has 1 saturated heterocycles. The van der Waals surface area contributed by atoms with Gasteiger partial charge in [-0.2, -0.15) is 0 Å². The van der Waals surface area contributed by atoms with Crippen molar-refractivity contribution < 1.29 is 21.6 Å². The highest BCUT2D eigenvalue weighted by Gasteiger charge is 2.31. The average molecular weight is 584 g/mol. The molecule has 0 saturated carbocycles. The Balaban J connectivity index is 1.31. The van der Waals surface area contributed by atoms with Crippen LogP contribution in [0.4, 0.5) is 11.4 Å². The molecule has 3 aromatic rings. The van der Waals surface area contributed by atoms with Gasteiger partial charge in [0, 0.05) is 40.9 Å². The van der Waals surface area contributed by atoms with Crippen molar-refractivity contribution in [3.8, 4) is 0 Å². The summed E-state index contributed by atoms with van der Waals surface area (Å²) < 4.78 is 54.6. The molecule has 1 aliphatic rings. The number of nitrogens with one attached hydrogen (secondary N) is 2. The molecule has 0 bridgehead atoms. The van der Waals surface area contributed by atoms with Gasteiger partial charge in [-0.15, -0.1) is 0 Å². The maximum Gasteiger partial charge on any atom is 0.261 e. The van der Waals surface area contributed by atoms with Crippen molar-refractivity contribution >= 4 is 60.5 Å². The maximum atomic E-state index is 12.9. The number of benzene rings is 2. The van der Waals surface area contributed by atoms with Crippen molar-refractivity contribution in [3.63, 3.8) is 0 Å². The number of pyridine rings is 1. The van der Waals surface area contributed by atoms with Crippen molar-refractivity contribution in [2.75, 3.05) is 23.1 Å². The van der Waals surface area contributed by atoms with E-state index in [2.05, 4.69) is 15.0 Å². The molecule has 0 unspecified atom stereocenters. The number of sulfonamides is 2. The highest BCUT2D eigenvalue weighted by Crippen LogP contribution is 2.27. The molecule has 13 heteroatoms. The van der Waals surface area contributed by atoms with Crippen molar-refractivity contribution in [2.24, 2.45) is 5.92 Å². The molecule has 4 rings (SSSR count). The van der Waals surface area contributed by atoms with E-state index in [4.69, 9.17) is 23.2 Å². The molecular formula is C24H24Cl2N4O5S2. The third-order valence-electron chi connectivity index (χ3n) is 5.92. The van der Waals surface area contributed by atoms with Gasteiger partial charge >= 0.3 is 0 Å². The fourth-order valence-corrected chi connectivity index (χ4v) is 7.11. The fourth-order valence-electron chi connectivity index (χ4n) is 3.92. The molecule has 1 aliphatic heterocycles. The van der Waals surface area contributed by atoms with E-state index in [1.165, 1.54) is 47.0 Å². The molecule has 2 N–H and O–H groups in total. The van der Waals surface area contributed by atoms with Gasteiger partial charge in [-0.25, -0.2) is 21.1 Å². The van der Waals surface area contributed by atoms with Crippen LogP contribution in [0.5, 0.6) is 0 Å². The van der Waals surface area contributed by atoms with Crippen LogP contribution in [0.2, 0.25) is 10.0 Å². The lowest BCUT2D eigenvalue weighted by Gasteiger charge is -2.30. The minimum atomic E-state index is -3.81. The number of nitrogens with zero attached hydrogens (tertiary/aromatic N) is 2. The van der Waals surface area contributed by atoms with Gasteiger partial charge in [-0.3, -0.25) is 14.5 Å². The van der Waals surface area contributed by atoms with Gasteiger partial charge < -0.3 is 5.32 Å². The Hall–Kier alpha value is -2.70. The van der Waals surface area contributed by atoms with E-state index in [0.29, 0.717) is 34.8 Å². The zero-order valence-corrected chi connectivity index (χ0v) is 22.6. The Kier molecular flexibility index (Phi) is 8.39. The standard InChI is InChI=1S/C24H24Cl2N4O5S2/c25-19-4-3-18(23(26)14-19)16-36(32,33)30-12-9-17(10-13-30)24(31)28-20-5-7-22(8-6-20)37(34,35)29-21-2-1-11-27-15-21/h1-8,11,14-15,17,29H,9-10,12-13,16H2,(H,28,31). The van der Waals surface area contributed by atoms with Crippen LogP contribution in [0.3, 0.4) is 0 Å². The van der Waals surface area contributed by atoms with E-state index < -0.39 is 20.0 Å². The number of carbonyl (C=O) groups is 1. The first kappa shape index (κ1) is 27.3. The van der Waals surface area contributed by atoms with Crippen molar-refractivity contribution in [1.29, 1.82) is 0 Å². The van der Waals surface area contributed by atoms with Gasteiger partial charge in [0.1, 0.15) is 0 Å². The molecular weight excluding hydrogens is 559 g/mol. The number of hydrogen-bond donors (Lipinski definition) is 2. The van der Waals surface area contributed by atoms with Crippen molar-refractivity contribution in [1.82, 2.24) is 9.29 Å². The molecule has 9 nitrogen and oxygen atoms in total. The van der Waals surface area contributed by atoms with Crippen LogP contribution in [0.1, 0.15) is 18.4 Å². The van der Waals surface area contributed by atoms with E-state index in [-0.39, 0.29) is 40.6 Å². The monoisotopic (exact) mass is 582 g/mol. The number of aromatic nitrogens is 1. The third kappa shape index (κ3) is 6.99. The van der Waals surface area contributed by atoms with Gasteiger partial charge in [0.25, 0.3) is 10.0 Å². The number of carbonyl (C=O) groups excluding carboxylic acids is 1. The summed E-state index contributed by atoms with van der Waals surface area (Å²) in [5.74, 6) is -0.867. The maximum absolute atomic E-state index is 12.9.